The molecule has 0 aliphatic heterocycles. The number of halogens is 1. The summed E-state index contributed by atoms with van der Waals surface area (Å²) in [4.78, 5) is 56.1. The van der Waals surface area contributed by atoms with E-state index in [0.717, 1.165) is 65.0 Å². The highest BCUT2D eigenvalue weighted by atomic mass is 35.5. The number of aliphatic carboxylic acids is 1. The molecule has 6 N–H and O–H groups in total. The van der Waals surface area contributed by atoms with Gasteiger partial charge in [-0.25, -0.2) is 19.6 Å². The van der Waals surface area contributed by atoms with Crippen LogP contribution in [0.2, 0.25) is 4.47 Å². The van der Waals surface area contributed by atoms with Crippen LogP contribution in [0.15, 0.2) is 133 Å². The van der Waals surface area contributed by atoms with Gasteiger partial charge in [-0.1, -0.05) is 71.5 Å². The maximum absolute atomic E-state index is 12.3. The Morgan fingerprint density at radius 2 is 1.01 bits per heavy atom. The third-order valence-corrected chi connectivity index (χ3v) is 12.3. The number of nitrogen functional groups attached to an aromatic ring is 1. The van der Waals surface area contributed by atoms with Crippen LogP contribution in [-0.2, 0) is 14.3 Å². The SMILES string of the molecule is COC(=O)C(C)(C)NC(=O)c1ccc(-c2ccc(N)cc2)cc1.COc1ccc2nc(Cl)sc2c1.COc1ccc2nc(Nc3ccc(-c4ccc(C(=O)NC(C)(C)C(=O)O)cc4)cc3)sc2c1. The van der Waals surface area contributed by atoms with Crippen LogP contribution >= 0.6 is 34.3 Å². The number of methoxy groups -OCH3 is 3. The Morgan fingerprint density at radius 1 is 0.588 bits per heavy atom. The van der Waals surface area contributed by atoms with Gasteiger partial charge in [0.25, 0.3) is 11.8 Å². The average Bonchev–Trinajstić information content (AvgIpc) is 3.92. The molecule has 68 heavy (non-hydrogen) atoms. The maximum atomic E-state index is 12.3. The highest BCUT2D eigenvalue weighted by molar-refractivity contribution is 7.22. The molecular formula is C51H49ClN6O8S2. The van der Waals surface area contributed by atoms with Crippen LogP contribution in [0.5, 0.6) is 11.5 Å². The van der Waals surface area contributed by atoms with E-state index < -0.39 is 28.9 Å². The molecule has 2 aromatic heterocycles. The summed E-state index contributed by atoms with van der Waals surface area (Å²) in [5, 5.41) is 18.5. The molecule has 8 aromatic rings. The first-order valence-corrected chi connectivity index (χ1v) is 22.8. The van der Waals surface area contributed by atoms with Crippen molar-refractivity contribution in [2.75, 3.05) is 32.4 Å². The molecule has 0 bridgehead atoms. The van der Waals surface area contributed by atoms with Crippen molar-refractivity contribution in [1.82, 2.24) is 20.6 Å². The lowest BCUT2D eigenvalue weighted by molar-refractivity contribution is -0.146. The normalized spacial score (nSPS) is 11.0. The van der Waals surface area contributed by atoms with E-state index in [9.17, 15) is 24.3 Å². The van der Waals surface area contributed by atoms with Gasteiger partial charge >= 0.3 is 11.9 Å². The molecule has 17 heteroatoms. The summed E-state index contributed by atoms with van der Waals surface area (Å²) in [5.74, 6) is -0.707. The Labute approximate surface area is 406 Å². The molecule has 0 saturated heterocycles. The lowest BCUT2D eigenvalue weighted by Crippen LogP contribution is -2.50. The van der Waals surface area contributed by atoms with E-state index in [1.54, 1.807) is 63.7 Å². The number of fused-ring (bicyclic) bond motifs is 2. The summed E-state index contributed by atoms with van der Waals surface area (Å²) in [6.07, 6.45) is 0. The van der Waals surface area contributed by atoms with Gasteiger partial charge in [0.05, 0.1) is 41.8 Å². The Kier molecular flexibility index (Phi) is 16.0. The van der Waals surface area contributed by atoms with Crippen molar-refractivity contribution in [3.8, 4) is 33.8 Å². The lowest BCUT2D eigenvalue weighted by atomic mass is 10.0. The summed E-state index contributed by atoms with van der Waals surface area (Å²) < 4.78 is 17.7. The van der Waals surface area contributed by atoms with Gasteiger partial charge in [0, 0.05) is 22.5 Å². The van der Waals surface area contributed by atoms with E-state index in [0.29, 0.717) is 21.3 Å². The number of benzene rings is 6. The topological polar surface area (TPSA) is 204 Å². The van der Waals surface area contributed by atoms with E-state index >= 15 is 0 Å². The summed E-state index contributed by atoms with van der Waals surface area (Å²) in [6.45, 7) is 6.09. The summed E-state index contributed by atoms with van der Waals surface area (Å²) in [7, 11) is 4.58. The molecule has 14 nitrogen and oxygen atoms in total. The number of nitrogens with one attached hydrogen (secondary N) is 3. The molecule has 350 valence electrons. The number of thiazole rings is 2. The van der Waals surface area contributed by atoms with Gasteiger partial charge in [-0.3, -0.25) is 9.59 Å². The van der Waals surface area contributed by atoms with Crippen LogP contribution in [0.4, 0.5) is 16.5 Å². The first-order chi connectivity index (χ1) is 32.4. The quantitative estimate of drug-likeness (QED) is 0.0573. The number of rotatable bonds is 12. The predicted octanol–water partition coefficient (Wildman–Crippen LogP) is 10.9. The minimum atomic E-state index is -1.34. The zero-order valence-corrected chi connectivity index (χ0v) is 40.6. The number of carboxylic acids is 1. The second-order valence-corrected chi connectivity index (χ2v) is 18.7. The van der Waals surface area contributed by atoms with Crippen molar-refractivity contribution >= 4 is 95.0 Å². The highest BCUT2D eigenvalue weighted by Gasteiger charge is 2.31. The van der Waals surface area contributed by atoms with E-state index in [4.69, 9.17) is 26.8 Å². The van der Waals surface area contributed by atoms with Crippen LogP contribution < -0.4 is 31.2 Å². The third-order valence-electron chi connectivity index (χ3n) is 10.3. The summed E-state index contributed by atoms with van der Waals surface area (Å²) in [5.41, 5.74) is 11.5. The Hall–Kier alpha value is -7.53. The van der Waals surface area contributed by atoms with E-state index in [-0.39, 0.29) is 5.91 Å². The number of carbonyl (C=O) groups is 4. The van der Waals surface area contributed by atoms with Gasteiger partial charge in [0.1, 0.15) is 22.6 Å². The van der Waals surface area contributed by atoms with E-state index in [1.165, 1.54) is 32.3 Å². The fourth-order valence-corrected chi connectivity index (χ4v) is 8.31. The van der Waals surface area contributed by atoms with Crippen LogP contribution in [0.25, 0.3) is 42.7 Å². The molecule has 0 aliphatic carbocycles. The van der Waals surface area contributed by atoms with Crippen LogP contribution in [0.1, 0.15) is 48.4 Å². The molecule has 0 saturated carbocycles. The number of hydrogen-bond donors (Lipinski definition) is 5. The molecule has 2 heterocycles. The first kappa shape index (κ1) is 49.9. The molecule has 0 radical (unpaired) electrons. The number of anilines is 3. The zero-order valence-electron chi connectivity index (χ0n) is 38.2. The zero-order chi connectivity index (χ0) is 49.2. The number of nitrogens with zero attached hydrogens (tertiary/aromatic N) is 2. The molecule has 8 rings (SSSR count). The van der Waals surface area contributed by atoms with Crippen molar-refractivity contribution in [2.45, 2.75) is 38.8 Å². The molecule has 6 aromatic carbocycles. The number of aromatic nitrogens is 2. The van der Waals surface area contributed by atoms with Gasteiger partial charge in [0.15, 0.2) is 9.60 Å². The highest BCUT2D eigenvalue weighted by Crippen LogP contribution is 2.32. The Bertz CT molecular complexity index is 3050. The minimum Gasteiger partial charge on any atom is -0.497 e. The molecule has 2 amide bonds. The van der Waals surface area contributed by atoms with Gasteiger partial charge in [-0.2, -0.15) is 0 Å². The van der Waals surface area contributed by atoms with Gasteiger partial charge < -0.3 is 41.0 Å². The Morgan fingerprint density at radius 3 is 1.47 bits per heavy atom. The third kappa shape index (κ3) is 12.9. The molecule has 0 spiro atoms. The fourth-order valence-electron chi connectivity index (χ4n) is 6.33. The van der Waals surface area contributed by atoms with Crippen molar-refractivity contribution in [2.24, 2.45) is 0 Å². The molecular weight excluding hydrogens is 924 g/mol. The average molecular weight is 974 g/mol. The van der Waals surface area contributed by atoms with Crippen LogP contribution in [-0.4, -0.2) is 71.2 Å². The summed E-state index contributed by atoms with van der Waals surface area (Å²) in [6, 6.07) is 41.1. The molecule has 0 fully saturated rings. The first-order valence-electron chi connectivity index (χ1n) is 20.8. The number of amides is 2. The maximum Gasteiger partial charge on any atom is 0.330 e. The second-order valence-electron chi connectivity index (χ2n) is 16.1. The fraction of sp³-hybridized carbons (Fsp3) is 0.176. The van der Waals surface area contributed by atoms with Gasteiger partial charge in [0.2, 0.25) is 0 Å². The summed E-state index contributed by atoms with van der Waals surface area (Å²) >= 11 is 8.76. The minimum absolute atomic E-state index is 0.329. The van der Waals surface area contributed by atoms with E-state index in [1.807, 2.05) is 109 Å². The van der Waals surface area contributed by atoms with Crippen molar-refractivity contribution in [3.05, 3.63) is 149 Å². The Balaban J connectivity index is 0.000000187. The van der Waals surface area contributed by atoms with Crippen molar-refractivity contribution in [3.63, 3.8) is 0 Å². The number of ether oxygens (including phenoxy) is 3. The smallest absolute Gasteiger partial charge is 0.330 e. The number of carbonyl (C=O) groups excluding carboxylic acids is 3. The number of nitrogens with two attached hydrogens (primary N) is 1. The number of esters is 1. The second kappa shape index (κ2) is 21.8. The van der Waals surface area contributed by atoms with Crippen LogP contribution in [0.3, 0.4) is 0 Å². The number of carboxylic acid groups (broad SMARTS) is 1. The van der Waals surface area contributed by atoms with Crippen molar-refractivity contribution in [1.29, 1.82) is 0 Å². The van der Waals surface area contributed by atoms with Crippen LogP contribution in [0, 0.1) is 0 Å². The predicted molar refractivity (Wildman–Crippen MR) is 272 cm³/mol. The standard InChI is InChI=1S/C25H23N3O4S.C18H20N2O3.C8H6ClNOS/c1-25(2,23(30)31)28-22(29)17-6-4-15(5-7-17)16-8-10-18(11-9-16)26-24-27-20-13-12-19(32-3)14-21(20)33-24;1-18(2,17(22)23-3)20-16(21)14-6-4-12(5-7-14)13-8-10-15(19)11-9-13;1-11-5-2-3-6-7(4-5)12-8(9)10-6/h4-14H,1-3H3,(H,26,27)(H,28,29)(H,30,31);4-11H,19H2,1-3H3,(H,20,21);2-4H,1H3. The van der Waals surface area contributed by atoms with Crippen molar-refractivity contribution < 1.29 is 38.5 Å². The molecule has 0 unspecified atom stereocenters. The molecule has 0 atom stereocenters. The number of hydrogen-bond acceptors (Lipinski definition) is 13. The largest absolute Gasteiger partial charge is 0.497 e. The molecule has 0 aliphatic rings. The van der Waals surface area contributed by atoms with Gasteiger partial charge in [-0.15, -0.1) is 11.3 Å². The van der Waals surface area contributed by atoms with Gasteiger partial charge in [-0.05, 0) is 135 Å². The monoisotopic (exact) mass is 972 g/mol. The lowest BCUT2D eigenvalue weighted by Gasteiger charge is -2.23. The van der Waals surface area contributed by atoms with E-state index in [2.05, 4.69) is 30.7 Å².